The maximum absolute atomic E-state index is 10.5. The summed E-state index contributed by atoms with van der Waals surface area (Å²) in [7, 11) is 5.66. The number of rotatable bonds is 12. The first-order valence-corrected chi connectivity index (χ1v) is 16.7. The van der Waals surface area contributed by atoms with Crippen LogP contribution in [0.15, 0.2) is 24.3 Å². The van der Waals surface area contributed by atoms with Crippen LogP contribution >= 0.6 is 0 Å². The van der Waals surface area contributed by atoms with Crippen LogP contribution in [0.4, 0.5) is 0 Å². The van der Waals surface area contributed by atoms with Crippen molar-refractivity contribution in [1.82, 2.24) is 0 Å². The normalized spacial score (nSPS) is 37.3. The summed E-state index contributed by atoms with van der Waals surface area (Å²) < 4.78 is 58.0. The Balaban J connectivity index is 1.22. The molecule has 6 rings (SSSR count). The molecule has 290 valence electrons. The van der Waals surface area contributed by atoms with E-state index in [0.717, 1.165) is 0 Å². The van der Waals surface area contributed by atoms with Gasteiger partial charge in [0, 0.05) is 11.8 Å². The van der Waals surface area contributed by atoms with Crippen molar-refractivity contribution in [3.8, 4) is 34.5 Å². The molecule has 52 heavy (non-hydrogen) atoms. The Morgan fingerprint density at radius 2 is 0.846 bits per heavy atom. The van der Waals surface area contributed by atoms with E-state index in [1.165, 1.54) is 28.4 Å². The van der Waals surface area contributed by atoms with Crippen LogP contribution in [0.5, 0.6) is 34.5 Å². The largest absolute Gasteiger partial charge is 0.493 e. The molecule has 18 nitrogen and oxygen atoms in total. The molecule has 0 saturated carbocycles. The molecule has 4 unspecified atom stereocenters. The van der Waals surface area contributed by atoms with Gasteiger partial charge in [-0.05, 0) is 35.4 Å². The molecule has 4 saturated heterocycles. The third-order valence-corrected chi connectivity index (χ3v) is 10.1. The second-order valence-electron chi connectivity index (χ2n) is 13.0. The molecule has 4 fully saturated rings. The summed E-state index contributed by atoms with van der Waals surface area (Å²) in [5.74, 6) is 0.683. The summed E-state index contributed by atoms with van der Waals surface area (Å²) in [5.41, 5.74) is 1.37. The highest BCUT2D eigenvalue weighted by Crippen LogP contribution is 2.54. The number of benzene rings is 2. The van der Waals surface area contributed by atoms with Gasteiger partial charge in [-0.25, -0.2) is 0 Å². The van der Waals surface area contributed by atoms with Crippen molar-refractivity contribution in [2.24, 2.45) is 11.8 Å². The zero-order valence-electron chi connectivity index (χ0n) is 28.9. The summed E-state index contributed by atoms with van der Waals surface area (Å²) in [6.45, 7) is -0.604. The molecule has 2 aromatic carbocycles. The van der Waals surface area contributed by atoms with E-state index in [1.54, 1.807) is 24.3 Å². The first-order valence-electron chi connectivity index (χ1n) is 16.7. The average molecular weight is 743 g/mol. The van der Waals surface area contributed by atoms with Gasteiger partial charge in [-0.1, -0.05) is 0 Å². The third-order valence-electron chi connectivity index (χ3n) is 10.1. The molecule has 8 N–H and O–H groups in total. The third kappa shape index (κ3) is 6.94. The van der Waals surface area contributed by atoms with Crippen LogP contribution in [0.3, 0.4) is 0 Å². The molecule has 0 bridgehead atoms. The van der Waals surface area contributed by atoms with Crippen LogP contribution in [0.25, 0.3) is 0 Å². The summed E-state index contributed by atoms with van der Waals surface area (Å²) in [5, 5.41) is 81.0. The molecule has 2 aromatic rings. The first-order chi connectivity index (χ1) is 25.0. The van der Waals surface area contributed by atoms with E-state index in [-0.39, 0.29) is 46.3 Å². The van der Waals surface area contributed by atoms with Gasteiger partial charge in [-0.3, -0.25) is 0 Å². The van der Waals surface area contributed by atoms with Crippen molar-refractivity contribution in [2.45, 2.75) is 73.6 Å². The minimum absolute atomic E-state index is 0.0541. The monoisotopic (exact) mass is 742 g/mol. The zero-order valence-corrected chi connectivity index (χ0v) is 28.9. The van der Waals surface area contributed by atoms with Gasteiger partial charge < -0.3 is 88.2 Å². The Morgan fingerprint density at radius 3 is 1.13 bits per heavy atom. The Morgan fingerprint density at radius 1 is 0.519 bits per heavy atom. The lowest BCUT2D eigenvalue weighted by molar-refractivity contribution is -0.277. The predicted octanol–water partition coefficient (Wildman–Crippen LogP) is -1.85. The number of aliphatic hydroxyl groups is 8. The van der Waals surface area contributed by atoms with Crippen molar-refractivity contribution in [1.29, 1.82) is 0 Å². The van der Waals surface area contributed by atoms with Gasteiger partial charge in [-0.2, -0.15) is 0 Å². The number of aliphatic hydroxyl groups excluding tert-OH is 8. The summed E-state index contributed by atoms with van der Waals surface area (Å²) >= 11 is 0. The molecule has 0 spiro atoms. The van der Waals surface area contributed by atoms with Crippen LogP contribution < -0.4 is 28.4 Å². The van der Waals surface area contributed by atoms with E-state index < -0.39 is 86.8 Å². The Hall–Kier alpha value is -3.24. The second-order valence-corrected chi connectivity index (χ2v) is 13.0. The average Bonchev–Trinajstić information content (AvgIpc) is 3.78. The van der Waals surface area contributed by atoms with Gasteiger partial charge >= 0.3 is 0 Å². The number of fused-ring (bicyclic) bond motifs is 1. The van der Waals surface area contributed by atoms with E-state index in [1.807, 2.05) is 0 Å². The van der Waals surface area contributed by atoms with Gasteiger partial charge in [0.25, 0.3) is 0 Å². The highest BCUT2D eigenvalue weighted by molar-refractivity contribution is 5.56. The highest BCUT2D eigenvalue weighted by atomic mass is 16.7. The maximum atomic E-state index is 10.5. The Bertz CT molecular complexity index is 1360. The fraction of sp³-hybridized carbons (Fsp3) is 0.647. The molecule has 0 aromatic heterocycles. The van der Waals surface area contributed by atoms with Crippen LogP contribution in [-0.4, -0.2) is 157 Å². The van der Waals surface area contributed by atoms with E-state index in [9.17, 15) is 40.9 Å². The van der Waals surface area contributed by atoms with Gasteiger partial charge in [0.1, 0.15) is 48.8 Å². The number of hydrogen-bond donors (Lipinski definition) is 8. The maximum Gasteiger partial charge on any atom is 0.229 e. The SMILES string of the molecule is COc1cc(C2OCC3C(c4cc(OC)c(O[C@H]5O[C@H](CO)[C@H](O)[C@H](O)[C@H]5O)c(OC)c4)OCC23)cc(OC)c1O[C@@H]1O[C@H](CO)[C@@H](O)[C@H](O)[C@H]1O. The molecule has 0 aliphatic carbocycles. The standard InChI is InChI=1S/C34H46O18/c1-43-17-5-13(6-18(44-2)31(17)51-33-27(41)25(39)23(37)21(9-35)49-33)29-15-11-48-30(16(15)12-47-29)14-7-19(45-3)32(20(8-14)46-4)52-34-28(42)26(40)24(38)22(10-36)50-34/h5-8,15-16,21-30,33-42H,9-12H2,1-4H3/t15?,16?,21-,22-,23-,24+,25+,26+,27-,28-,29?,30?,33+,34-/m1/s1. The lowest BCUT2D eigenvalue weighted by Crippen LogP contribution is -2.60. The van der Waals surface area contributed by atoms with Crippen LogP contribution in [0.1, 0.15) is 23.3 Å². The van der Waals surface area contributed by atoms with E-state index in [4.69, 9.17) is 47.4 Å². The predicted molar refractivity (Wildman–Crippen MR) is 172 cm³/mol. The van der Waals surface area contributed by atoms with Gasteiger partial charge in [0.2, 0.25) is 24.1 Å². The van der Waals surface area contributed by atoms with Gasteiger partial charge in [0.15, 0.2) is 23.0 Å². The second kappa shape index (κ2) is 16.0. The highest BCUT2D eigenvalue weighted by Gasteiger charge is 2.50. The molecule has 4 heterocycles. The quantitative estimate of drug-likeness (QED) is 0.119. The van der Waals surface area contributed by atoms with E-state index >= 15 is 0 Å². The fourth-order valence-electron chi connectivity index (χ4n) is 7.16. The first kappa shape index (κ1) is 38.5. The summed E-state index contributed by atoms with van der Waals surface area (Å²) in [6.07, 6.45) is -15.9. The molecular formula is C34H46O18. The summed E-state index contributed by atoms with van der Waals surface area (Å²) in [4.78, 5) is 0. The topological polar surface area (TPSA) is 254 Å². The molecular weight excluding hydrogens is 696 g/mol. The van der Waals surface area contributed by atoms with Gasteiger partial charge in [-0.15, -0.1) is 0 Å². The smallest absolute Gasteiger partial charge is 0.229 e. The van der Waals surface area contributed by atoms with Crippen molar-refractivity contribution < 1.29 is 88.2 Å². The van der Waals surface area contributed by atoms with Crippen molar-refractivity contribution in [3.63, 3.8) is 0 Å². The lowest BCUT2D eigenvalue weighted by atomic mass is 9.84. The van der Waals surface area contributed by atoms with Crippen molar-refractivity contribution in [3.05, 3.63) is 35.4 Å². The Labute approximate surface area is 298 Å². The molecule has 4 aliphatic heterocycles. The van der Waals surface area contributed by atoms with Crippen LogP contribution in [-0.2, 0) is 18.9 Å². The summed E-state index contributed by atoms with van der Waals surface area (Å²) in [6, 6.07) is 6.78. The number of hydrogen-bond acceptors (Lipinski definition) is 18. The van der Waals surface area contributed by atoms with E-state index in [2.05, 4.69) is 0 Å². The molecule has 18 heteroatoms. The van der Waals surface area contributed by atoms with Crippen LogP contribution in [0, 0.1) is 11.8 Å². The minimum atomic E-state index is -1.65. The minimum Gasteiger partial charge on any atom is -0.493 e. The lowest BCUT2D eigenvalue weighted by Gasteiger charge is -2.39. The van der Waals surface area contributed by atoms with Crippen molar-refractivity contribution >= 4 is 0 Å². The van der Waals surface area contributed by atoms with Gasteiger partial charge in [0.05, 0.1) is 67.1 Å². The van der Waals surface area contributed by atoms with E-state index in [0.29, 0.717) is 24.3 Å². The number of methoxy groups -OCH3 is 4. The Kier molecular flexibility index (Phi) is 11.8. The molecule has 4 aliphatic rings. The molecule has 0 amide bonds. The number of ether oxygens (including phenoxy) is 10. The zero-order chi connectivity index (χ0) is 37.4. The molecule has 0 radical (unpaired) electrons. The van der Waals surface area contributed by atoms with Crippen LogP contribution in [0.2, 0.25) is 0 Å². The van der Waals surface area contributed by atoms with Crippen molar-refractivity contribution in [2.75, 3.05) is 54.9 Å². The fourth-order valence-corrected chi connectivity index (χ4v) is 7.16. The molecule has 14 atom stereocenters.